The van der Waals surface area contributed by atoms with E-state index in [2.05, 4.69) is 24.1 Å². The lowest BCUT2D eigenvalue weighted by Gasteiger charge is -2.20. The summed E-state index contributed by atoms with van der Waals surface area (Å²) in [5.74, 6) is -0.676. The molecule has 1 aromatic rings. The third-order valence-electron chi connectivity index (χ3n) is 3.55. The third kappa shape index (κ3) is 3.44. The molecule has 0 saturated carbocycles. The van der Waals surface area contributed by atoms with Crippen molar-refractivity contribution in [3.63, 3.8) is 0 Å². The number of amides is 1. The summed E-state index contributed by atoms with van der Waals surface area (Å²) in [5, 5.41) is 2.70. The van der Waals surface area contributed by atoms with Crippen molar-refractivity contribution in [1.82, 2.24) is 10.2 Å². The summed E-state index contributed by atoms with van der Waals surface area (Å²) >= 11 is 0. The number of furan rings is 1. The van der Waals surface area contributed by atoms with Gasteiger partial charge in [-0.05, 0) is 44.9 Å². The van der Waals surface area contributed by atoms with E-state index in [9.17, 15) is 9.59 Å². The van der Waals surface area contributed by atoms with Gasteiger partial charge in [0.05, 0.1) is 6.26 Å². The van der Waals surface area contributed by atoms with Gasteiger partial charge in [0.2, 0.25) is 0 Å². The molecular formula is C14H20N2O3. The van der Waals surface area contributed by atoms with E-state index in [0.717, 1.165) is 19.5 Å². The number of ketones is 1. The maximum Gasteiger partial charge on any atom is 0.295 e. The van der Waals surface area contributed by atoms with Crippen molar-refractivity contribution in [3.05, 3.63) is 24.2 Å². The van der Waals surface area contributed by atoms with Gasteiger partial charge in [-0.2, -0.15) is 0 Å². The summed E-state index contributed by atoms with van der Waals surface area (Å²) in [5.41, 5.74) is 0. The van der Waals surface area contributed by atoms with Gasteiger partial charge < -0.3 is 14.6 Å². The Hall–Kier alpha value is -1.62. The van der Waals surface area contributed by atoms with Gasteiger partial charge in [0.1, 0.15) is 0 Å². The molecular weight excluding hydrogens is 244 g/mol. The van der Waals surface area contributed by atoms with Crippen molar-refractivity contribution in [3.8, 4) is 0 Å². The Bertz CT molecular complexity index is 440. The van der Waals surface area contributed by atoms with Crippen LogP contribution in [0.2, 0.25) is 0 Å². The number of carbonyl (C=O) groups excluding carboxylic acids is 2. The minimum absolute atomic E-state index is 0.0905. The zero-order valence-corrected chi connectivity index (χ0v) is 11.4. The van der Waals surface area contributed by atoms with E-state index in [1.54, 1.807) is 6.07 Å². The first-order chi connectivity index (χ1) is 9.08. The Morgan fingerprint density at radius 3 is 2.89 bits per heavy atom. The maximum absolute atomic E-state index is 11.7. The lowest BCUT2D eigenvalue weighted by molar-refractivity contribution is -0.117. The molecule has 2 heterocycles. The molecule has 5 nitrogen and oxygen atoms in total. The Kier molecular flexibility index (Phi) is 4.37. The minimum Gasteiger partial charge on any atom is -0.461 e. The quantitative estimate of drug-likeness (QED) is 0.643. The zero-order valence-electron chi connectivity index (χ0n) is 11.4. The first kappa shape index (κ1) is 13.8. The summed E-state index contributed by atoms with van der Waals surface area (Å²) in [6.45, 7) is 6.93. The zero-order chi connectivity index (χ0) is 13.8. The van der Waals surface area contributed by atoms with Crippen LogP contribution in [0.15, 0.2) is 22.8 Å². The molecule has 104 valence electrons. The van der Waals surface area contributed by atoms with Crippen molar-refractivity contribution in [1.29, 1.82) is 0 Å². The van der Waals surface area contributed by atoms with Crippen LogP contribution in [0.1, 0.15) is 30.8 Å². The Balaban J connectivity index is 1.77. The molecule has 0 radical (unpaired) electrons. The SMILES string of the molecule is CC(C)N1CC[C@H](CNC(=O)C(=O)c2ccco2)C1. The van der Waals surface area contributed by atoms with Crippen LogP contribution >= 0.6 is 0 Å². The van der Waals surface area contributed by atoms with Gasteiger partial charge in [-0.1, -0.05) is 0 Å². The number of nitrogens with zero attached hydrogens (tertiary/aromatic N) is 1. The minimum atomic E-state index is -0.608. The number of carbonyl (C=O) groups is 2. The van der Waals surface area contributed by atoms with E-state index in [1.807, 2.05) is 0 Å². The summed E-state index contributed by atoms with van der Waals surface area (Å²) in [7, 11) is 0. The predicted molar refractivity (Wildman–Crippen MR) is 70.9 cm³/mol. The molecule has 0 aromatic carbocycles. The fourth-order valence-corrected chi connectivity index (χ4v) is 2.34. The number of hydrogen-bond acceptors (Lipinski definition) is 4. The number of rotatable bonds is 5. The molecule has 0 spiro atoms. The molecule has 1 N–H and O–H groups in total. The fourth-order valence-electron chi connectivity index (χ4n) is 2.34. The standard InChI is InChI=1S/C14H20N2O3/c1-10(2)16-6-5-11(9-16)8-15-14(18)13(17)12-4-3-7-19-12/h3-4,7,10-11H,5-6,8-9H2,1-2H3,(H,15,18)/t11-/m1/s1. The largest absolute Gasteiger partial charge is 0.461 e. The van der Waals surface area contributed by atoms with Gasteiger partial charge in [-0.25, -0.2) is 0 Å². The average molecular weight is 264 g/mol. The topological polar surface area (TPSA) is 62.6 Å². The Morgan fingerprint density at radius 2 is 2.32 bits per heavy atom. The lowest BCUT2D eigenvalue weighted by atomic mass is 10.1. The number of likely N-dealkylation sites (tertiary alicyclic amines) is 1. The van der Waals surface area contributed by atoms with Crippen molar-refractivity contribution >= 4 is 11.7 Å². The molecule has 1 saturated heterocycles. The number of Topliss-reactive ketones (excluding diaryl/α,β-unsaturated/α-hetero) is 1. The molecule has 1 fully saturated rings. The highest BCUT2D eigenvalue weighted by Gasteiger charge is 2.26. The Morgan fingerprint density at radius 1 is 1.53 bits per heavy atom. The maximum atomic E-state index is 11.7. The first-order valence-electron chi connectivity index (χ1n) is 6.68. The van der Waals surface area contributed by atoms with Crippen LogP contribution in [0.5, 0.6) is 0 Å². The van der Waals surface area contributed by atoms with Crippen LogP contribution in [0, 0.1) is 5.92 Å². The van der Waals surface area contributed by atoms with Crippen LogP contribution in [-0.4, -0.2) is 42.3 Å². The second kappa shape index (κ2) is 6.02. The van der Waals surface area contributed by atoms with E-state index in [4.69, 9.17) is 4.42 Å². The predicted octanol–water partition coefficient (Wildman–Crippen LogP) is 1.31. The van der Waals surface area contributed by atoms with Crippen molar-refractivity contribution in [2.24, 2.45) is 5.92 Å². The van der Waals surface area contributed by atoms with E-state index in [0.29, 0.717) is 18.5 Å². The van der Waals surface area contributed by atoms with Gasteiger partial charge in [0.25, 0.3) is 11.7 Å². The molecule has 0 unspecified atom stereocenters. The molecule has 1 aromatic heterocycles. The summed E-state index contributed by atoms with van der Waals surface area (Å²) in [6.07, 6.45) is 2.45. The van der Waals surface area contributed by atoms with Crippen LogP contribution in [0.4, 0.5) is 0 Å². The highest BCUT2D eigenvalue weighted by atomic mass is 16.3. The lowest BCUT2D eigenvalue weighted by Crippen LogP contribution is -2.36. The number of nitrogens with one attached hydrogen (secondary N) is 1. The van der Waals surface area contributed by atoms with Gasteiger partial charge in [0, 0.05) is 19.1 Å². The molecule has 2 rings (SSSR count). The van der Waals surface area contributed by atoms with Crippen LogP contribution < -0.4 is 5.32 Å². The molecule has 1 aliphatic heterocycles. The van der Waals surface area contributed by atoms with E-state index < -0.39 is 11.7 Å². The van der Waals surface area contributed by atoms with E-state index >= 15 is 0 Å². The summed E-state index contributed by atoms with van der Waals surface area (Å²) in [6, 6.07) is 3.63. The molecule has 1 amide bonds. The Labute approximate surface area is 113 Å². The van der Waals surface area contributed by atoms with Crippen molar-refractivity contribution in [2.75, 3.05) is 19.6 Å². The molecule has 19 heavy (non-hydrogen) atoms. The van der Waals surface area contributed by atoms with Gasteiger partial charge >= 0.3 is 0 Å². The van der Waals surface area contributed by atoms with Crippen LogP contribution in [0.25, 0.3) is 0 Å². The molecule has 1 atom stereocenters. The third-order valence-corrected chi connectivity index (χ3v) is 3.55. The summed E-state index contributed by atoms with van der Waals surface area (Å²) in [4.78, 5) is 25.7. The van der Waals surface area contributed by atoms with Crippen molar-refractivity contribution < 1.29 is 14.0 Å². The van der Waals surface area contributed by atoms with Crippen molar-refractivity contribution in [2.45, 2.75) is 26.3 Å². The fraction of sp³-hybridized carbons (Fsp3) is 0.571. The van der Waals surface area contributed by atoms with E-state index in [-0.39, 0.29) is 5.76 Å². The molecule has 0 bridgehead atoms. The van der Waals surface area contributed by atoms with Crippen LogP contribution in [0.3, 0.4) is 0 Å². The van der Waals surface area contributed by atoms with E-state index in [1.165, 1.54) is 12.3 Å². The van der Waals surface area contributed by atoms with Gasteiger partial charge in [-0.3, -0.25) is 9.59 Å². The first-order valence-corrected chi connectivity index (χ1v) is 6.68. The number of hydrogen-bond donors (Lipinski definition) is 1. The second-order valence-electron chi connectivity index (χ2n) is 5.26. The second-order valence-corrected chi connectivity index (χ2v) is 5.26. The van der Waals surface area contributed by atoms with Gasteiger partial charge in [0.15, 0.2) is 5.76 Å². The smallest absolute Gasteiger partial charge is 0.295 e. The molecule has 5 heteroatoms. The molecule has 0 aliphatic carbocycles. The average Bonchev–Trinajstić information content (AvgIpc) is 3.05. The summed E-state index contributed by atoms with van der Waals surface area (Å²) < 4.78 is 4.92. The highest BCUT2D eigenvalue weighted by Crippen LogP contribution is 2.17. The van der Waals surface area contributed by atoms with Crippen LogP contribution in [-0.2, 0) is 4.79 Å². The highest BCUT2D eigenvalue weighted by molar-refractivity contribution is 6.42. The normalized spacial score (nSPS) is 19.8. The van der Waals surface area contributed by atoms with Gasteiger partial charge in [-0.15, -0.1) is 0 Å². The molecule has 1 aliphatic rings. The monoisotopic (exact) mass is 264 g/mol.